The number of benzene rings is 2. The van der Waals surface area contributed by atoms with Gasteiger partial charge in [-0.05, 0) is 22.8 Å². The molecule has 1 aromatic heterocycles. The second-order valence-corrected chi connectivity index (χ2v) is 5.25. The topological polar surface area (TPSA) is 62.7 Å². The third-order valence-electron chi connectivity index (χ3n) is 3.44. The third kappa shape index (κ3) is 2.92. The molecule has 3 aromatic rings. The highest BCUT2D eigenvalue weighted by Crippen LogP contribution is 2.23. The van der Waals surface area contributed by atoms with E-state index in [4.69, 9.17) is 9.78 Å². The minimum absolute atomic E-state index is 0.222. The quantitative estimate of drug-likeness (QED) is 0.723. The first-order valence-electron chi connectivity index (χ1n) is 6.95. The summed E-state index contributed by atoms with van der Waals surface area (Å²) in [5.74, 6) is 1.40. The van der Waals surface area contributed by atoms with E-state index in [0.29, 0.717) is 24.6 Å². The van der Waals surface area contributed by atoms with Crippen LogP contribution in [0.1, 0.15) is 19.2 Å². The van der Waals surface area contributed by atoms with Gasteiger partial charge in [0.25, 0.3) is 0 Å². The summed E-state index contributed by atoms with van der Waals surface area (Å²) in [7, 11) is 0. The van der Waals surface area contributed by atoms with Crippen molar-refractivity contribution in [2.24, 2.45) is 5.92 Å². The number of nitriles is 1. The summed E-state index contributed by atoms with van der Waals surface area (Å²) in [5.41, 5.74) is 0.941. The van der Waals surface area contributed by atoms with Crippen molar-refractivity contribution >= 4 is 10.8 Å². The molecule has 1 unspecified atom stereocenters. The number of fused-ring (bicyclic) bond motifs is 1. The Kier molecular flexibility index (Phi) is 3.65. The lowest BCUT2D eigenvalue weighted by Crippen LogP contribution is -1.98. The lowest BCUT2D eigenvalue weighted by molar-refractivity contribution is 0.359. The summed E-state index contributed by atoms with van der Waals surface area (Å²) in [5, 5.41) is 15.1. The van der Waals surface area contributed by atoms with E-state index in [1.807, 2.05) is 25.1 Å². The average molecular weight is 277 g/mol. The molecule has 3 rings (SSSR count). The molecule has 0 spiro atoms. The van der Waals surface area contributed by atoms with Gasteiger partial charge in [0.2, 0.25) is 11.7 Å². The Bertz CT molecular complexity index is 801. The maximum atomic E-state index is 8.68. The average Bonchev–Trinajstić information content (AvgIpc) is 2.95. The normalized spacial score (nSPS) is 12.2. The first-order valence-corrected chi connectivity index (χ1v) is 6.95. The van der Waals surface area contributed by atoms with Gasteiger partial charge in [0.15, 0.2) is 0 Å². The standard InChI is InChI=1S/C17H15N3O/c1-12(8-9-18)10-16-19-17(20-21-16)15-7-6-13-4-2-3-5-14(13)11-15/h2-7,11-12H,8,10H2,1H3. The Morgan fingerprint density at radius 3 is 2.81 bits per heavy atom. The summed E-state index contributed by atoms with van der Waals surface area (Å²) < 4.78 is 5.28. The van der Waals surface area contributed by atoms with Crippen molar-refractivity contribution < 1.29 is 4.52 Å². The fourth-order valence-electron chi connectivity index (χ4n) is 2.31. The highest BCUT2D eigenvalue weighted by atomic mass is 16.5. The van der Waals surface area contributed by atoms with E-state index in [2.05, 4.69) is 40.5 Å². The van der Waals surface area contributed by atoms with Gasteiger partial charge in [0.05, 0.1) is 6.07 Å². The number of rotatable bonds is 4. The molecule has 21 heavy (non-hydrogen) atoms. The molecule has 1 heterocycles. The zero-order chi connectivity index (χ0) is 14.7. The van der Waals surface area contributed by atoms with Crippen LogP contribution in [0.2, 0.25) is 0 Å². The van der Waals surface area contributed by atoms with Crippen LogP contribution in [0.25, 0.3) is 22.2 Å². The monoisotopic (exact) mass is 277 g/mol. The molecule has 0 N–H and O–H groups in total. The molecule has 0 fully saturated rings. The van der Waals surface area contributed by atoms with Gasteiger partial charge in [-0.25, -0.2) is 0 Å². The summed E-state index contributed by atoms with van der Waals surface area (Å²) in [6.07, 6.45) is 1.13. The van der Waals surface area contributed by atoms with Gasteiger partial charge in [0.1, 0.15) is 0 Å². The van der Waals surface area contributed by atoms with Crippen molar-refractivity contribution in [2.45, 2.75) is 19.8 Å². The zero-order valence-corrected chi connectivity index (χ0v) is 11.8. The number of aromatic nitrogens is 2. The minimum Gasteiger partial charge on any atom is -0.339 e. The second-order valence-electron chi connectivity index (χ2n) is 5.25. The van der Waals surface area contributed by atoms with E-state index < -0.39 is 0 Å². The van der Waals surface area contributed by atoms with E-state index in [-0.39, 0.29) is 5.92 Å². The molecule has 0 aliphatic carbocycles. The van der Waals surface area contributed by atoms with Crippen LogP contribution in [0.3, 0.4) is 0 Å². The predicted molar refractivity (Wildman–Crippen MR) is 80.3 cm³/mol. The van der Waals surface area contributed by atoms with Crippen LogP contribution in [0.15, 0.2) is 47.0 Å². The molecule has 4 nitrogen and oxygen atoms in total. The van der Waals surface area contributed by atoms with Crippen LogP contribution in [0.5, 0.6) is 0 Å². The van der Waals surface area contributed by atoms with Crippen LogP contribution in [-0.4, -0.2) is 10.1 Å². The molecule has 104 valence electrons. The lowest BCUT2D eigenvalue weighted by atomic mass is 10.1. The smallest absolute Gasteiger partial charge is 0.227 e. The maximum absolute atomic E-state index is 8.68. The van der Waals surface area contributed by atoms with Crippen molar-refractivity contribution in [3.8, 4) is 17.5 Å². The Labute approximate surface area is 123 Å². The van der Waals surface area contributed by atoms with Crippen molar-refractivity contribution in [3.05, 3.63) is 48.4 Å². The highest BCUT2D eigenvalue weighted by Gasteiger charge is 2.12. The second kappa shape index (κ2) is 5.76. The summed E-state index contributed by atoms with van der Waals surface area (Å²) in [6.45, 7) is 2.00. The van der Waals surface area contributed by atoms with E-state index >= 15 is 0 Å². The van der Waals surface area contributed by atoms with Gasteiger partial charge in [-0.1, -0.05) is 48.5 Å². The first kappa shape index (κ1) is 13.3. The summed E-state index contributed by atoms with van der Waals surface area (Å²) in [6, 6.07) is 16.4. The zero-order valence-electron chi connectivity index (χ0n) is 11.8. The van der Waals surface area contributed by atoms with Crippen molar-refractivity contribution in [3.63, 3.8) is 0 Å². The van der Waals surface area contributed by atoms with E-state index in [1.54, 1.807) is 0 Å². The molecule has 0 saturated carbocycles. The molecule has 0 radical (unpaired) electrons. The molecule has 0 bridgehead atoms. The fraction of sp³-hybridized carbons (Fsp3) is 0.235. The van der Waals surface area contributed by atoms with Crippen LogP contribution in [0, 0.1) is 17.2 Å². The molecular formula is C17H15N3O. The SMILES string of the molecule is CC(CC#N)Cc1nc(-c2ccc3ccccc3c2)no1. The summed E-state index contributed by atoms with van der Waals surface area (Å²) >= 11 is 0. The Hall–Kier alpha value is -2.67. The minimum atomic E-state index is 0.222. The van der Waals surface area contributed by atoms with Gasteiger partial charge in [-0.3, -0.25) is 0 Å². The van der Waals surface area contributed by atoms with E-state index in [9.17, 15) is 0 Å². The van der Waals surface area contributed by atoms with Crippen LogP contribution in [-0.2, 0) is 6.42 Å². The highest BCUT2D eigenvalue weighted by molar-refractivity contribution is 5.86. The lowest BCUT2D eigenvalue weighted by Gasteiger charge is -2.00. The van der Waals surface area contributed by atoms with Crippen molar-refractivity contribution in [2.75, 3.05) is 0 Å². The van der Waals surface area contributed by atoms with Gasteiger partial charge < -0.3 is 4.52 Å². The van der Waals surface area contributed by atoms with Crippen LogP contribution in [0.4, 0.5) is 0 Å². The Morgan fingerprint density at radius 2 is 2.00 bits per heavy atom. The first-order chi connectivity index (χ1) is 10.3. The maximum Gasteiger partial charge on any atom is 0.227 e. The van der Waals surface area contributed by atoms with E-state index in [0.717, 1.165) is 10.9 Å². The Balaban J connectivity index is 1.86. The molecule has 4 heteroatoms. The number of hydrogen-bond acceptors (Lipinski definition) is 4. The van der Waals surface area contributed by atoms with Gasteiger partial charge in [-0.2, -0.15) is 10.2 Å². The number of hydrogen-bond donors (Lipinski definition) is 0. The largest absolute Gasteiger partial charge is 0.339 e. The molecule has 2 aromatic carbocycles. The van der Waals surface area contributed by atoms with Crippen LogP contribution >= 0.6 is 0 Å². The van der Waals surface area contributed by atoms with Crippen LogP contribution < -0.4 is 0 Å². The molecular weight excluding hydrogens is 262 g/mol. The molecule has 0 aliphatic rings. The molecule has 1 atom stereocenters. The third-order valence-corrected chi connectivity index (χ3v) is 3.44. The van der Waals surface area contributed by atoms with Gasteiger partial charge in [-0.15, -0.1) is 0 Å². The van der Waals surface area contributed by atoms with Crippen molar-refractivity contribution in [1.29, 1.82) is 5.26 Å². The summed E-state index contributed by atoms with van der Waals surface area (Å²) in [4.78, 5) is 4.42. The molecule has 0 aliphatic heterocycles. The number of nitrogens with zero attached hydrogens (tertiary/aromatic N) is 3. The predicted octanol–water partition coefficient (Wildman–Crippen LogP) is 3.98. The van der Waals surface area contributed by atoms with Crippen molar-refractivity contribution in [1.82, 2.24) is 10.1 Å². The van der Waals surface area contributed by atoms with Gasteiger partial charge in [0, 0.05) is 18.4 Å². The Morgan fingerprint density at radius 1 is 1.19 bits per heavy atom. The molecule has 0 saturated heterocycles. The molecule has 0 amide bonds. The van der Waals surface area contributed by atoms with E-state index in [1.165, 1.54) is 5.39 Å². The fourth-order valence-corrected chi connectivity index (χ4v) is 2.31. The van der Waals surface area contributed by atoms with Gasteiger partial charge >= 0.3 is 0 Å².